The number of para-hydroxylation sites is 1. The molecule has 0 aliphatic carbocycles. The number of nitrogens with one attached hydrogen (secondary N) is 1. The zero-order chi connectivity index (χ0) is 11.9. The summed E-state index contributed by atoms with van der Waals surface area (Å²) in [6, 6.07) is 6.59. The van der Waals surface area contributed by atoms with Crippen molar-refractivity contribution in [2.75, 3.05) is 13.1 Å². The van der Waals surface area contributed by atoms with E-state index in [-0.39, 0.29) is 0 Å². The predicted molar refractivity (Wildman–Crippen MR) is 72.9 cm³/mol. The molecular weight excluding hydrogens is 222 g/mol. The van der Waals surface area contributed by atoms with E-state index in [0.717, 1.165) is 13.1 Å². The quantitative estimate of drug-likeness (QED) is 0.831. The molecule has 1 atom stereocenters. The molecule has 0 bridgehead atoms. The molecule has 3 nitrogen and oxygen atoms in total. The Hall–Kier alpha value is -1.35. The summed E-state index contributed by atoms with van der Waals surface area (Å²) >= 11 is 0. The van der Waals surface area contributed by atoms with Gasteiger partial charge in [0.15, 0.2) is 0 Å². The Kier molecular flexibility index (Phi) is 2.40. The number of aromatic nitrogens is 2. The number of nitrogens with zero attached hydrogens (tertiary/aromatic N) is 2. The number of imidazole rings is 1. The molecule has 0 amide bonds. The third-order valence-corrected chi connectivity index (χ3v) is 4.37. The van der Waals surface area contributed by atoms with Crippen molar-refractivity contribution in [1.29, 1.82) is 0 Å². The van der Waals surface area contributed by atoms with Crippen LogP contribution in [-0.2, 0) is 13.0 Å². The molecule has 1 unspecified atom stereocenters. The fourth-order valence-corrected chi connectivity index (χ4v) is 3.52. The normalized spacial score (nSPS) is 23.4. The van der Waals surface area contributed by atoms with Gasteiger partial charge in [-0.1, -0.05) is 12.1 Å². The molecule has 1 aromatic heterocycles. The fourth-order valence-electron chi connectivity index (χ4n) is 3.52. The lowest BCUT2D eigenvalue weighted by molar-refractivity contribution is 0.430. The van der Waals surface area contributed by atoms with Crippen LogP contribution in [0.25, 0.3) is 11.0 Å². The van der Waals surface area contributed by atoms with Crippen molar-refractivity contribution >= 4 is 11.0 Å². The topological polar surface area (TPSA) is 29.9 Å². The van der Waals surface area contributed by atoms with Crippen LogP contribution in [0.5, 0.6) is 0 Å². The van der Waals surface area contributed by atoms with Gasteiger partial charge in [-0.05, 0) is 43.9 Å². The maximum atomic E-state index is 4.93. The molecule has 1 fully saturated rings. The molecule has 2 aliphatic rings. The second-order valence-electron chi connectivity index (χ2n) is 5.55. The minimum Gasteiger partial charge on any atom is -0.327 e. The lowest BCUT2D eigenvalue weighted by Gasteiger charge is -2.24. The Labute approximate surface area is 107 Å². The molecule has 18 heavy (non-hydrogen) atoms. The molecule has 1 saturated heterocycles. The van der Waals surface area contributed by atoms with Crippen LogP contribution in [0, 0.1) is 0 Å². The monoisotopic (exact) mass is 241 g/mol. The van der Waals surface area contributed by atoms with Crippen LogP contribution in [0.2, 0.25) is 0 Å². The van der Waals surface area contributed by atoms with Gasteiger partial charge >= 0.3 is 0 Å². The smallest absolute Gasteiger partial charge is 0.114 e. The average Bonchev–Trinajstić information content (AvgIpc) is 2.82. The van der Waals surface area contributed by atoms with Crippen molar-refractivity contribution in [3.05, 3.63) is 29.6 Å². The van der Waals surface area contributed by atoms with Gasteiger partial charge in [0.05, 0.1) is 11.0 Å². The second kappa shape index (κ2) is 4.09. The Morgan fingerprint density at radius 3 is 3.17 bits per heavy atom. The van der Waals surface area contributed by atoms with Gasteiger partial charge in [-0.15, -0.1) is 0 Å². The summed E-state index contributed by atoms with van der Waals surface area (Å²) in [5, 5.41) is 3.51. The van der Waals surface area contributed by atoms with Crippen molar-refractivity contribution in [2.45, 2.75) is 38.1 Å². The first-order valence-electron chi connectivity index (χ1n) is 7.12. The summed E-state index contributed by atoms with van der Waals surface area (Å²) < 4.78 is 2.49. The van der Waals surface area contributed by atoms with Crippen LogP contribution in [0.15, 0.2) is 18.2 Å². The predicted octanol–water partition coefficient (Wildman–Crippen LogP) is 2.45. The van der Waals surface area contributed by atoms with E-state index in [4.69, 9.17) is 4.98 Å². The summed E-state index contributed by atoms with van der Waals surface area (Å²) in [5.41, 5.74) is 4.10. The lowest BCUT2D eigenvalue weighted by Crippen LogP contribution is -2.30. The van der Waals surface area contributed by atoms with Gasteiger partial charge in [-0.25, -0.2) is 4.98 Å². The third-order valence-electron chi connectivity index (χ3n) is 4.37. The summed E-state index contributed by atoms with van der Waals surface area (Å²) in [7, 11) is 0. The number of benzene rings is 1. The summed E-state index contributed by atoms with van der Waals surface area (Å²) in [5.74, 6) is 1.93. The number of rotatable bonds is 1. The van der Waals surface area contributed by atoms with Gasteiger partial charge in [0, 0.05) is 19.0 Å². The molecule has 0 saturated carbocycles. The maximum absolute atomic E-state index is 4.93. The van der Waals surface area contributed by atoms with Gasteiger partial charge in [-0.3, -0.25) is 0 Å². The first-order chi connectivity index (χ1) is 8.93. The highest BCUT2D eigenvalue weighted by Gasteiger charge is 2.24. The van der Waals surface area contributed by atoms with Gasteiger partial charge in [-0.2, -0.15) is 0 Å². The van der Waals surface area contributed by atoms with E-state index in [2.05, 4.69) is 28.1 Å². The fraction of sp³-hybridized carbons (Fsp3) is 0.533. The van der Waals surface area contributed by atoms with E-state index < -0.39 is 0 Å². The van der Waals surface area contributed by atoms with Crippen molar-refractivity contribution in [3.8, 4) is 0 Å². The zero-order valence-corrected chi connectivity index (χ0v) is 10.7. The molecule has 3 heteroatoms. The minimum absolute atomic E-state index is 0.608. The van der Waals surface area contributed by atoms with Gasteiger partial charge in [0.2, 0.25) is 0 Å². The van der Waals surface area contributed by atoms with Crippen molar-refractivity contribution in [3.63, 3.8) is 0 Å². The largest absolute Gasteiger partial charge is 0.327 e. The number of hydrogen-bond donors (Lipinski definition) is 1. The molecule has 1 N–H and O–H groups in total. The molecule has 1 aromatic carbocycles. The van der Waals surface area contributed by atoms with E-state index in [0.29, 0.717) is 5.92 Å². The average molecular weight is 241 g/mol. The van der Waals surface area contributed by atoms with E-state index in [9.17, 15) is 0 Å². The Bertz CT molecular complexity index is 579. The highest BCUT2D eigenvalue weighted by molar-refractivity contribution is 5.80. The first kappa shape index (κ1) is 10.6. The molecule has 2 aliphatic heterocycles. The lowest BCUT2D eigenvalue weighted by atomic mass is 9.98. The minimum atomic E-state index is 0.608. The van der Waals surface area contributed by atoms with Crippen molar-refractivity contribution < 1.29 is 0 Å². The SMILES string of the molecule is c1cc2c3c(c1)nc(C1CCCNC1)n3CCC2. The Morgan fingerprint density at radius 2 is 2.28 bits per heavy atom. The van der Waals surface area contributed by atoms with Crippen LogP contribution in [0.4, 0.5) is 0 Å². The van der Waals surface area contributed by atoms with E-state index in [1.165, 1.54) is 54.6 Å². The van der Waals surface area contributed by atoms with Crippen LogP contribution in [-0.4, -0.2) is 22.6 Å². The van der Waals surface area contributed by atoms with E-state index >= 15 is 0 Å². The standard InChI is InChI=1S/C15H19N3/c1-4-11-6-3-9-18-14(11)13(7-1)17-15(18)12-5-2-8-16-10-12/h1,4,7,12,16H,2-3,5-6,8-10H2. The maximum Gasteiger partial charge on any atom is 0.114 e. The Morgan fingerprint density at radius 1 is 1.28 bits per heavy atom. The molecule has 0 radical (unpaired) electrons. The first-order valence-corrected chi connectivity index (χ1v) is 7.12. The third kappa shape index (κ3) is 1.50. The second-order valence-corrected chi connectivity index (χ2v) is 5.55. The van der Waals surface area contributed by atoms with Crippen LogP contribution in [0.3, 0.4) is 0 Å². The molecule has 4 rings (SSSR count). The van der Waals surface area contributed by atoms with Crippen molar-refractivity contribution in [2.24, 2.45) is 0 Å². The van der Waals surface area contributed by atoms with Crippen molar-refractivity contribution in [1.82, 2.24) is 14.9 Å². The summed E-state index contributed by atoms with van der Waals surface area (Å²) in [4.78, 5) is 4.93. The molecular formula is C15H19N3. The van der Waals surface area contributed by atoms with E-state index in [1.807, 2.05) is 0 Å². The summed E-state index contributed by atoms with van der Waals surface area (Å²) in [6.45, 7) is 3.42. The highest BCUT2D eigenvalue weighted by Crippen LogP contribution is 2.31. The van der Waals surface area contributed by atoms with Gasteiger partial charge in [0.1, 0.15) is 5.82 Å². The molecule has 0 spiro atoms. The number of hydrogen-bond acceptors (Lipinski definition) is 2. The molecule has 94 valence electrons. The van der Waals surface area contributed by atoms with Crippen LogP contribution in [0.1, 0.15) is 36.6 Å². The number of piperidine rings is 1. The number of aryl methyl sites for hydroxylation is 2. The summed E-state index contributed by atoms with van der Waals surface area (Å²) in [6.07, 6.45) is 5.04. The van der Waals surface area contributed by atoms with Gasteiger partial charge < -0.3 is 9.88 Å². The zero-order valence-electron chi connectivity index (χ0n) is 10.7. The highest BCUT2D eigenvalue weighted by atomic mass is 15.1. The Balaban J connectivity index is 1.88. The van der Waals surface area contributed by atoms with Crippen LogP contribution >= 0.6 is 0 Å². The van der Waals surface area contributed by atoms with Crippen LogP contribution < -0.4 is 5.32 Å². The van der Waals surface area contributed by atoms with Gasteiger partial charge in [0.25, 0.3) is 0 Å². The van der Waals surface area contributed by atoms with E-state index in [1.54, 1.807) is 0 Å². The molecule has 3 heterocycles. The molecule has 2 aromatic rings.